The Bertz CT molecular complexity index is 138. The number of hydrogen-bond acceptors (Lipinski definition) is 4. The van der Waals surface area contributed by atoms with Crippen LogP contribution < -0.4 is 5.48 Å². The molecule has 0 aromatic heterocycles. The lowest BCUT2D eigenvalue weighted by Gasteiger charge is -2.01. The molecule has 0 aliphatic heterocycles. The Morgan fingerprint density at radius 1 is 1.73 bits per heavy atom. The van der Waals surface area contributed by atoms with Crippen molar-refractivity contribution in [3.8, 4) is 0 Å². The van der Waals surface area contributed by atoms with Crippen LogP contribution in [0.5, 0.6) is 0 Å². The summed E-state index contributed by atoms with van der Waals surface area (Å²) in [7, 11) is 0. The third-order valence-corrected chi connectivity index (χ3v) is 0.836. The van der Waals surface area contributed by atoms with E-state index < -0.39 is 5.97 Å². The number of carbonyl (C=O) groups excluding carboxylic acids is 1. The number of carbonyl (C=O) groups is 1. The van der Waals surface area contributed by atoms with Gasteiger partial charge in [-0.2, -0.15) is 0 Å². The maximum atomic E-state index is 10.6. The van der Waals surface area contributed by atoms with Crippen molar-refractivity contribution in [2.24, 2.45) is 0 Å². The molecule has 4 nitrogen and oxygen atoms in total. The van der Waals surface area contributed by atoms with Gasteiger partial charge in [-0.05, 0) is 6.92 Å². The van der Waals surface area contributed by atoms with Gasteiger partial charge in [0.2, 0.25) is 0 Å². The molecule has 0 saturated heterocycles. The minimum Gasteiger partial charge on any atom is -0.464 e. The summed E-state index contributed by atoms with van der Waals surface area (Å²) in [5.74, 6) is -0.414. The lowest BCUT2D eigenvalue weighted by molar-refractivity contribution is -0.150. The highest BCUT2D eigenvalue weighted by Gasteiger charge is 1.98. The second-order valence-corrected chi connectivity index (χ2v) is 1.76. The summed E-state index contributed by atoms with van der Waals surface area (Å²) < 4.78 is 4.56. The molecule has 0 aliphatic carbocycles. The fraction of sp³-hybridized carbons (Fsp3) is 0.500. The van der Waals surface area contributed by atoms with E-state index in [0.29, 0.717) is 6.61 Å². The van der Waals surface area contributed by atoms with Crippen LogP contribution in [0.4, 0.5) is 0 Å². The largest absolute Gasteiger partial charge is 0.464 e. The number of esters is 1. The SMILES string of the molecule is CCOC(=O)CONC=CCl. The van der Waals surface area contributed by atoms with E-state index in [1.807, 2.05) is 0 Å². The molecule has 11 heavy (non-hydrogen) atoms. The molecule has 0 aromatic rings. The molecule has 0 spiro atoms. The minimum atomic E-state index is -0.414. The lowest BCUT2D eigenvalue weighted by Crippen LogP contribution is -2.17. The zero-order valence-electron chi connectivity index (χ0n) is 6.17. The first-order valence-electron chi connectivity index (χ1n) is 3.09. The molecule has 0 aromatic carbocycles. The smallest absolute Gasteiger partial charge is 0.334 e. The van der Waals surface area contributed by atoms with E-state index in [-0.39, 0.29) is 6.61 Å². The van der Waals surface area contributed by atoms with Gasteiger partial charge in [0.25, 0.3) is 0 Å². The maximum Gasteiger partial charge on any atom is 0.334 e. The minimum absolute atomic E-state index is 0.130. The first kappa shape index (κ1) is 10.3. The Morgan fingerprint density at radius 2 is 2.45 bits per heavy atom. The van der Waals surface area contributed by atoms with Gasteiger partial charge in [-0.1, -0.05) is 11.6 Å². The molecule has 0 fully saturated rings. The summed E-state index contributed by atoms with van der Waals surface area (Å²) in [6.07, 6.45) is 1.35. The molecule has 5 heteroatoms. The van der Waals surface area contributed by atoms with Crippen molar-refractivity contribution in [1.29, 1.82) is 0 Å². The molecular formula is C6H10ClNO3. The molecule has 0 rings (SSSR count). The molecular weight excluding hydrogens is 170 g/mol. The van der Waals surface area contributed by atoms with Gasteiger partial charge >= 0.3 is 5.97 Å². The molecule has 0 atom stereocenters. The zero-order chi connectivity index (χ0) is 8.53. The van der Waals surface area contributed by atoms with E-state index in [1.165, 1.54) is 11.7 Å². The van der Waals surface area contributed by atoms with Gasteiger partial charge in [0.05, 0.1) is 6.61 Å². The topological polar surface area (TPSA) is 47.6 Å². The highest BCUT2D eigenvalue weighted by molar-refractivity contribution is 6.25. The summed E-state index contributed by atoms with van der Waals surface area (Å²) in [6.45, 7) is 1.95. The summed E-state index contributed by atoms with van der Waals surface area (Å²) in [5, 5.41) is 0. The fourth-order valence-corrected chi connectivity index (χ4v) is 0.429. The normalized spacial score (nSPS) is 10.0. The molecule has 0 amide bonds. The summed E-state index contributed by atoms with van der Waals surface area (Å²) in [5.41, 5.74) is 3.54. The molecule has 0 heterocycles. The van der Waals surface area contributed by atoms with Gasteiger partial charge in [0.15, 0.2) is 6.61 Å². The Hall–Kier alpha value is -0.740. The van der Waals surface area contributed by atoms with Crippen molar-refractivity contribution < 1.29 is 14.4 Å². The second-order valence-electron chi connectivity index (χ2n) is 1.50. The van der Waals surface area contributed by atoms with Gasteiger partial charge < -0.3 is 4.74 Å². The van der Waals surface area contributed by atoms with E-state index >= 15 is 0 Å². The van der Waals surface area contributed by atoms with Crippen LogP contribution in [0, 0.1) is 0 Å². The van der Waals surface area contributed by atoms with E-state index in [2.05, 4.69) is 15.1 Å². The number of rotatable bonds is 5. The number of hydroxylamine groups is 1. The van der Waals surface area contributed by atoms with Crippen LogP contribution in [0.1, 0.15) is 6.92 Å². The van der Waals surface area contributed by atoms with Crippen molar-refractivity contribution >= 4 is 17.6 Å². The molecule has 0 unspecified atom stereocenters. The van der Waals surface area contributed by atoms with Crippen LogP contribution in [-0.2, 0) is 14.4 Å². The predicted molar refractivity (Wildman–Crippen MR) is 40.7 cm³/mol. The van der Waals surface area contributed by atoms with Crippen LogP contribution in [0.15, 0.2) is 11.7 Å². The molecule has 0 aliphatic rings. The number of halogens is 1. The van der Waals surface area contributed by atoms with E-state index in [0.717, 1.165) is 0 Å². The average molecular weight is 180 g/mol. The third kappa shape index (κ3) is 7.15. The van der Waals surface area contributed by atoms with Crippen molar-refractivity contribution in [2.45, 2.75) is 6.92 Å². The molecule has 0 saturated carbocycles. The van der Waals surface area contributed by atoms with Crippen molar-refractivity contribution in [3.05, 3.63) is 11.7 Å². The average Bonchev–Trinajstić information content (AvgIpc) is 1.99. The fourth-order valence-electron chi connectivity index (χ4n) is 0.377. The van der Waals surface area contributed by atoms with Gasteiger partial charge in [-0.3, -0.25) is 10.3 Å². The first-order chi connectivity index (χ1) is 5.31. The summed E-state index contributed by atoms with van der Waals surface area (Å²) in [4.78, 5) is 15.2. The summed E-state index contributed by atoms with van der Waals surface area (Å²) >= 11 is 5.14. The van der Waals surface area contributed by atoms with Crippen LogP contribution in [0.25, 0.3) is 0 Å². The quantitative estimate of drug-likeness (QED) is 0.385. The van der Waals surface area contributed by atoms with Crippen LogP contribution in [-0.4, -0.2) is 19.2 Å². The van der Waals surface area contributed by atoms with Gasteiger partial charge in [-0.15, -0.1) is 0 Å². The van der Waals surface area contributed by atoms with E-state index in [9.17, 15) is 4.79 Å². The Balaban J connectivity index is 3.17. The molecule has 0 radical (unpaired) electrons. The van der Waals surface area contributed by atoms with Crippen molar-refractivity contribution in [1.82, 2.24) is 5.48 Å². The molecule has 1 N–H and O–H groups in total. The van der Waals surface area contributed by atoms with Gasteiger partial charge in [0, 0.05) is 11.7 Å². The van der Waals surface area contributed by atoms with E-state index in [4.69, 9.17) is 11.6 Å². The number of ether oxygens (including phenoxy) is 1. The second kappa shape index (κ2) is 7.37. The van der Waals surface area contributed by atoms with Crippen molar-refractivity contribution in [2.75, 3.05) is 13.2 Å². The Morgan fingerprint density at radius 3 is 3.00 bits per heavy atom. The number of nitrogens with one attached hydrogen (secondary N) is 1. The van der Waals surface area contributed by atoms with Crippen LogP contribution in [0.3, 0.4) is 0 Å². The summed E-state index contributed by atoms with van der Waals surface area (Å²) in [6, 6.07) is 0. The van der Waals surface area contributed by atoms with Crippen molar-refractivity contribution in [3.63, 3.8) is 0 Å². The van der Waals surface area contributed by atoms with Gasteiger partial charge in [0.1, 0.15) is 0 Å². The Kier molecular flexibility index (Phi) is 6.87. The monoisotopic (exact) mass is 179 g/mol. The molecule has 64 valence electrons. The lowest BCUT2D eigenvalue weighted by atomic mass is 10.7. The third-order valence-electron chi connectivity index (χ3n) is 0.710. The zero-order valence-corrected chi connectivity index (χ0v) is 6.93. The van der Waals surface area contributed by atoms with E-state index in [1.54, 1.807) is 6.92 Å². The van der Waals surface area contributed by atoms with Gasteiger partial charge in [-0.25, -0.2) is 4.79 Å². The Labute approximate surface area is 70.1 Å². The standard InChI is InChI=1S/C6H10ClNO3/c1-2-10-6(9)5-11-8-4-3-7/h3-4,8H,2,5H2,1H3. The molecule has 0 bridgehead atoms. The van der Waals surface area contributed by atoms with Crippen LogP contribution in [0.2, 0.25) is 0 Å². The highest BCUT2D eigenvalue weighted by atomic mass is 35.5. The van der Waals surface area contributed by atoms with Crippen LogP contribution >= 0.6 is 11.6 Å². The maximum absolute atomic E-state index is 10.6. The highest BCUT2D eigenvalue weighted by Crippen LogP contribution is 1.79. The predicted octanol–water partition coefficient (Wildman–Crippen LogP) is 0.781. The first-order valence-corrected chi connectivity index (χ1v) is 3.53. The number of hydrogen-bond donors (Lipinski definition) is 1.